The zero-order chi connectivity index (χ0) is 16.2. The Morgan fingerprint density at radius 2 is 2.09 bits per heavy atom. The second kappa shape index (κ2) is 6.44. The van der Waals surface area contributed by atoms with Crippen molar-refractivity contribution in [1.29, 1.82) is 0 Å². The fourth-order valence-corrected chi connectivity index (χ4v) is 2.52. The third-order valence-corrected chi connectivity index (χ3v) is 3.71. The number of pyridine rings is 1. The number of aryl methyl sites for hydroxylation is 1. The summed E-state index contributed by atoms with van der Waals surface area (Å²) in [6.45, 7) is 1.77. The minimum atomic E-state index is -0.555. The zero-order valence-corrected chi connectivity index (χ0v) is 12.7. The Morgan fingerprint density at radius 3 is 2.83 bits per heavy atom. The fourth-order valence-electron chi connectivity index (χ4n) is 2.52. The van der Waals surface area contributed by atoms with E-state index < -0.39 is 5.97 Å². The van der Waals surface area contributed by atoms with Crippen molar-refractivity contribution in [3.05, 3.63) is 65.6 Å². The molecule has 3 aromatic rings. The van der Waals surface area contributed by atoms with E-state index in [2.05, 4.69) is 16.9 Å². The van der Waals surface area contributed by atoms with Crippen LogP contribution in [-0.2, 0) is 11.2 Å². The molecule has 0 amide bonds. The van der Waals surface area contributed by atoms with Crippen molar-refractivity contribution in [3.8, 4) is 0 Å². The maximum Gasteiger partial charge on any atom is 0.340 e. The van der Waals surface area contributed by atoms with Gasteiger partial charge < -0.3 is 9.72 Å². The lowest BCUT2D eigenvalue weighted by Crippen LogP contribution is -2.14. The molecule has 5 nitrogen and oxygen atoms in total. The lowest BCUT2D eigenvalue weighted by atomic mass is 10.1. The first-order chi connectivity index (χ1) is 11.2. The molecule has 5 heteroatoms. The van der Waals surface area contributed by atoms with Gasteiger partial charge in [-0.25, -0.2) is 4.79 Å². The number of hydrogen-bond acceptors (Lipinski definition) is 4. The lowest BCUT2D eigenvalue weighted by Gasteiger charge is -2.04. The van der Waals surface area contributed by atoms with Gasteiger partial charge in [0.15, 0.2) is 6.61 Å². The van der Waals surface area contributed by atoms with Crippen LogP contribution in [0.1, 0.15) is 33.2 Å². The molecule has 3 rings (SSSR count). The first-order valence-corrected chi connectivity index (χ1v) is 7.40. The van der Waals surface area contributed by atoms with E-state index in [-0.39, 0.29) is 12.4 Å². The Bertz CT molecular complexity index is 853. The standard InChI is InChI=1S/C18H16N2O3/c1-2-12-5-3-7-14-15(10-20-17(12)14)16(21)11-23-18(22)13-6-4-8-19-9-13/h3-10,20H,2,11H2,1H3. The number of para-hydroxylation sites is 1. The summed E-state index contributed by atoms with van der Waals surface area (Å²) in [4.78, 5) is 31.2. The molecule has 0 unspecified atom stereocenters. The summed E-state index contributed by atoms with van der Waals surface area (Å²) in [6, 6.07) is 9.08. The van der Waals surface area contributed by atoms with Gasteiger partial charge in [0.1, 0.15) is 0 Å². The highest BCUT2D eigenvalue weighted by molar-refractivity contribution is 6.09. The maximum atomic E-state index is 12.3. The van der Waals surface area contributed by atoms with Crippen LogP contribution < -0.4 is 0 Å². The summed E-state index contributed by atoms with van der Waals surface area (Å²) in [6.07, 6.45) is 5.52. The van der Waals surface area contributed by atoms with Crippen LogP contribution >= 0.6 is 0 Å². The summed E-state index contributed by atoms with van der Waals surface area (Å²) < 4.78 is 5.08. The Hall–Kier alpha value is -2.95. The molecule has 0 bridgehead atoms. The lowest BCUT2D eigenvalue weighted by molar-refractivity contribution is 0.0474. The minimum Gasteiger partial charge on any atom is -0.454 e. The van der Waals surface area contributed by atoms with E-state index in [1.165, 1.54) is 6.20 Å². The number of aromatic nitrogens is 2. The minimum absolute atomic E-state index is 0.234. The molecule has 2 heterocycles. The smallest absolute Gasteiger partial charge is 0.340 e. The van der Waals surface area contributed by atoms with E-state index >= 15 is 0 Å². The number of nitrogens with one attached hydrogen (secondary N) is 1. The van der Waals surface area contributed by atoms with Gasteiger partial charge in [0.2, 0.25) is 5.78 Å². The average molecular weight is 308 g/mol. The molecule has 1 aromatic carbocycles. The van der Waals surface area contributed by atoms with Gasteiger partial charge in [-0.3, -0.25) is 9.78 Å². The number of aromatic amines is 1. The van der Waals surface area contributed by atoms with E-state index in [1.54, 1.807) is 24.5 Å². The molecule has 0 aliphatic carbocycles. The van der Waals surface area contributed by atoms with E-state index in [1.807, 2.05) is 18.2 Å². The Morgan fingerprint density at radius 1 is 1.22 bits per heavy atom. The second-order valence-corrected chi connectivity index (χ2v) is 5.14. The number of benzene rings is 1. The molecule has 0 saturated heterocycles. The van der Waals surface area contributed by atoms with Crippen LogP contribution in [0.5, 0.6) is 0 Å². The van der Waals surface area contributed by atoms with Gasteiger partial charge in [0, 0.05) is 35.1 Å². The van der Waals surface area contributed by atoms with Crippen molar-refractivity contribution in [3.63, 3.8) is 0 Å². The van der Waals surface area contributed by atoms with Crippen molar-refractivity contribution in [1.82, 2.24) is 9.97 Å². The van der Waals surface area contributed by atoms with Crippen molar-refractivity contribution < 1.29 is 14.3 Å². The van der Waals surface area contributed by atoms with E-state index in [0.29, 0.717) is 11.1 Å². The molecule has 0 atom stereocenters. The van der Waals surface area contributed by atoms with Crippen molar-refractivity contribution in [2.45, 2.75) is 13.3 Å². The largest absolute Gasteiger partial charge is 0.454 e. The third-order valence-electron chi connectivity index (χ3n) is 3.71. The van der Waals surface area contributed by atoms with Crippen LogP contribution in [0.3, 0.4) is 0 Å². The highest BCUT2D eigenvalue weighted by Crippen LogP contribution is 2.22. The van der Waals surface area contributed by atoms with Gasteiger partial charge in [-0.1, -0.05) is 25.1 Å². The van der Waals surface area contributed by atoms with Crippen LogP contribution in [-0.4, -0.2) is 28.3 Å². The molecule has 0 aliphatic rings. The Labute approximate surface area is 133 Å². The van der Waals surface area contributed by atoms with Crippen LogP contribution in [0.4, 0.5) is 0 Å². The number of carbonyl (C=O) groups excluding carboxylic acids is 2. The van der Waals surface area contributed by atoms with Gasteiger partial charge in [-0.2, -0.15) is 0 Å². The molecular formula is C18H16N2O3. The van der Waals surface area contributed by atoms with Crippen LogP contribution in [0.2, 0.25) is 0 Å². The quantitative estimate of drug-likeness (QED) is 0.580. The first kappa shape index (κ1) is 15.0. The molecule has 0 fully saturated rings. The Balaban J connectivity index is 1.75. The van der Waals surface area contributed by atoms with Crippen molar-refractivity contribution in [2.75, 3.05) is 6.61 Å². The third kappa shape index (κ3) is 2.99. The van der Waals surface area contributed by atoms with Gasteiger partial charge in [0.05, 0.1) is 5.56 Å². The molecule has 0 radical (unpaired) electrons. The highest BCUT2D eigenvalue weighted by atomic mass is 16.5. The summed E-state index contributed by atoms with van der Waals surface area (Å²) in [5.74, 6) is -0.790. The normalized spacial score (nSPS) is 10.7. The van der Waals surface area contributed by atoms with Crippen molar-refractivity contribution >= 4 is 22.7 Å². The van der Waals surface area contributed by atoms with Gasteiger partial charge in [-0.05, 0) is 24.1 Å². The molecule has 0 aliphatic heterocycles. The number of rotatable bonds is 5. The monoisotopic (exact) mass is 308 g/mol. The number of H-pyrrole nitrogens is 1. The van der Waals surface area contributed by atoms with Gasteiger partial charge in [0.25, 0.3) is 0 Å². The molecular weight excluding hydrogens is 292 g/mol. The van der Waals surface area contributed by atoms with E-state index in [0.717, 1.165) is 22.9 Å². The number of ether oxygens (including phenoxy) is 1. The average Bonchev–Trinajstić information content (AvgIpc) is 3.04. The number of ketones is 1. The molecule has 0 saturated carbocycles. The summed E-state index contributed by atoms with van der Waals surface area (Å²) >= 11 is 0. The van der Waals surface area contributed by atoms with Crippen LogP contribution in [0.15, 0.2) is 48.9 Å². The molecule has 1 N–H and O–H groups in total. The van der Waals surface area contributed by atoms with Gasteiger partial charge in [-0.15, -0.1) is 0 Å². The highest BCUT2D eigenvalue weighted by Gasteiger charge is 2.16. The SMILES string of the molecule is CCc1cccc2c(C(=O)COC(=O)c3cccnc3)c[nH]c12. The van der Waals surface area contributed by atoms with E-state index in [9.17, 15) is 9.59 Å². The first-order valence-electron chi connectivity index (χ1n) is 7.40. The van der Waals surface area contributed by atoms with Crippen LogP contribution in [0, 0.1) is 0 Å². The second-order valence-electron chi connectivity index (χ2n) is 5.14. The summed E-state index contributed by atoms with van der Waals surface area (Å²) in [7, 11) is 0. The molecule has 0 spiro atoms. The zero-order valence-electron chi connectivity index (χ0n) is 12.7. The molecule has 2 aromatic heterocycles. The Kier molecular flexibility index (Phi) is 4.19. The predicted octanol–water partition coefficient (Wildman–Crippen LogP) is 3.17. The number of fused-ring (bicyclic) bond motifs is 1. The number of hydrogen-bond donors (Lipinski definition) is 1. The molecule has 23 heavy (non-hydrogen) atoms. The summed E-state index contributed by atoms with van der Waals surface area (Å²) in [5, 5.41) is 0.853. The topological polar surface area (TPSA) is 72.1 Å². The van der Waals surface area contributed by atoms with Crippen molar-refractivity contribution in [2.24, 2.45) is 0 Å². The number of nitrogens with zero attached hydrogens (tertiary/aromatic N) is 1. The van der Waals surface area contributed by atoms with Crippen LogP contribution in [0.25, 0.3) is 10.9 Å². The summed E-state index contributed by atoms with van der Waals surface area (Å²) in [5.41, 5.74) is 2.97. The van der Waals surface area contributed by atoms with E-state index in [4.69, 9.17) is 4.74 Å². The maximum absolute atomic E-state index is 12.3. The molecule has 116 valence electrons. The van der Waals surface area contributed by atoms with Gasteiger partial charge >= 0.3 is 5.97 Å². The fraction of sp³-hybridized carbons (Fsp3) is 0.167. The number of esters is 1. The number of carbonyl (C=O) groups is 2. The predicted molar refractivity (Wildman–Crippen MR) is 86.5 cm³/mol. The number of Topliss-reactive ketones (excluding diaryl/α,β-unsaturated/α-hetero) is 1.